The lowest BCUT2D eigenvalue weighted by Crippen LogP contribution is -2.32. The molecule has 1 saturated carbocycles. The molecule has 1 aromatic rings. The molecule has 0 saturated heterocycles. The van der Waals surface area contributed by atoms with Crippen molar-refractivity contribution in [2.24, 2.45) is 5.41 Å². The molecule has 1 amide bonds. The summed E-state index contributed by atoms with van der Waals surface area (Å²) in [7, 11) is 0. The highest BCUT2D eigenvalue weighted by molar-refractivity contribution is 6.53. The van der Waals surface area contributed by atoms with Gasteiger partial charge in [0.25, 0.3) is 0 Å². The molecule has 0 aromatic heterocycles. The van der Waals surface area contributed by atoms with Crippen LogP contribution in [0.2, 0.25) is 0 Å². The number of carbonyl (C=O) groups excluding carboxylic acids is 1. The van der Waals surface area contributed by atoms with Crippen LogP contribution in [0.5, 0.6) is 0 Å². The van der Waals surface area contributed by atoms with Crippen molar-refractivity contribution in [1.82, 2.24) is 5.32 Å². The van der Waals surface area contributed by atoms with E-state index in [2.05, 4.69) is 5.32 Å². The molecule has 1 aromatic carbocycles. The van der Waals surface area contributed by atoms with Crippen LogP contribution in [0.25, 0.3) is 0 Å². The molecule has 0 aliphatic heterocycles. The van der Waals surface area contributed by atoms with E-state index >= 15 is 0 Å². The van der Waals surface area contributed by atoms with Crippen LogP contribution in [0.4, 0.5) is 0 Å². The monoisotopic (exact) mass is 301 g/mol. The summed E-state index contributed by atoms with van der Waals surface area (Å²) in [5.41, 5.74) is 1.14. The zero-order valence-corrected chi connectivity index (χ0v) is 12.4. The van der Waals surface area contributed by atoms with Crippen molar-refractivity contribution in [2.75, 3.05) is 0 Å². The lowest BCUT2D eigenvalue weighted by molar-refractivity contribution is -0.125. The molecule has 3 nitrogen and oxygen atoms in total. The van der Waals surface area contributed by atoms with Crippen LogP contribution in [-0.2, 0) is 11.3 Å². The van der Waals surface area contributed by atoms with E-state index in [1.165, 1.54) is 0 Å². The average Bonchev–Trinajstić information content (AvgIpc) is 2.87. The van der Waals surface area contributed by atoms with Gasteiger partial charge in [0.1, 0.15) is 4.33 Å². The van der Waals surface area contributed by atoms with Gasteiger partial charge in [0.15, 0.2) is 0 Å². The smallest absolute Gasteiger partial charge is 0.229 e. The first kappa shape index (κ1) is 14.6. The van der Waals surface area contributed by atoms with Crippen molar-refractivity contribution in [3.05, 3.63) is 35.4 Å². The van der Waals surface area contributed by atoms with Gasteiger partial charge in [-0.3, -0.25) is 4.79 Å². The number of rotatable bonds is 4. The number of aliphatic hydroxyl groups excluding tert-OH is 1. The minimum atomic E-state index is -0.937. The third-order valence-electron chi connectivity index (χ3n) is 3.67. The van der Waals surface area contributed by atoms with E-state index in [-0.39, 0.29) is 5.91 Å². The zero-order chi connectivity index (χ0) is 14.3. The first-order chi connectivity index (χ1) is 8.76. The van der Waals surface area contributed by atoms with Crippen molar-refractivity contribution in [3.8, 4) is 0 Å². The molecule has 1 aliphatic carbocycles. The number of aliphatic hydroxyl groups is 1. The Morgan fingerprint density at radius 1 is 1.42 bits per heavy atom. The predicted octanol–water partition coefficient (Wildman–Crippen LogP) is 2.94. The van der Waals surface area contributed by atoms with E-state index in [0.29, 0.717) is 13.0 Å². The Bertz CT molecular complexity index is 485. The Kier molecular flexibility index (Phi) is 3.83. The van der Waals surface area contributed by atoms with E-state index in [4.69, 9.17) is 23.2 Å². The number of carbonyl (C=O) groups is 1. The van der Waals surface area contributed by atoms with Gasteiger partial charge in [-0.25, -0.2) is 0 Å². The highest BCUT2D eigenvalue weighted by Crippen LogP contribution is 2.63. The van der Waals surface area contributed by atoms with Crippen LogP contribution in [0, 0.1) is 5.41 Å². The minimum Gasteiger partial charge on any atom is -0.389 e. The summed E-state index contributed by atoms with van der Waals surface area (Å²) in [6.45, 7) is 3.91. The highest BCUT2D eigenvalue weighted by Gasteiger charge is 2.67. The average molecular weight is 302 g/mol. The summed E-state index contributed by atoms with van der Waals surface area (Å²) in [5.74, 6) is -0.128. The molecule has 1 fully saturated rings. The predicted molar refractivity (Wildman–Crippen MR) is 76.1 cm³/mol. The molecule has 0 spiro atoms. The Morgan fingerprint density at radius 2 is 1.95 bits per heavy atom. The Balaban J connectivity index is 1.91. The van der Waals surface area contributed by atoms with Gasteiger partial charge in [-0.2, -0.15) is 0 Å². The maximum Gasteiger partial charge on any atom is 0.229 e. The van der Waals surface area contributed by atoms with E-state index in [1.54, 1.807) is 13.8 Å². The lowest BCUT2D eigenvalue weighted by Gasteiger charge is -2.13. The van der Waals surface area contributed by atoms with Crippen LogP contribution in [0.1, 0.15) is 37.5 Å². The third-order valence-corrected chi connectivity index (χ3v) is 4.78. The Hall–Kier alpha value is -0.770. The topological polar surface area (TPSA) is 49.3 Å². The maximum absolute atomic E-state index is 12.0. The molecule has 0 bridgehead atoms. The number of nitrogens with one attached hydrogen (secondary N) is 1. The summed E-state index contributed by atoms with van der Waals surface area (Å²) in [6, 6.07) is 7.45. The first-order valence-corrected chi connectivity index (χ1v) is 6.95. The molecule has 1 aliphatic rings. The first-order valence-electron chi connectivity index (χ1n) is 6.19. The molecule has 0 heterocycles. The van der Waals surface area contributed by atoms with Crippen LogP contribution < -0.4 is 5.32 Å². The summed E-state index contributed by atoms with van der Waals surface area (Å²) in [4.78, 5) is 12.0. The van der Waals surface area contributed by atoms with Crippen molar-refractivity contribution >= 4 is 29.1 Å². The largest absolute Gasteiger partial charge is 0.389 e. The highest BCUT2D eigenvalue weighted by atomic mass is 35.5. The van der Waals surface area contributed by atoms with Crippen molar-refractivity contribution in [3.63, 3.8) is 0 Å². The number of benzene rings is 1. The van der Waals surface area contributed by atoms with Gasteiger partial charge in [-0.15, -0.1) is 23.2 Å². The minimum absolute atomic E-state index is 0.128. The molecular formula is C14H17Cl2NO2. The molecule has 2 atom stereocenters. The fourth-order valence-corrected chi connectivity index (χ4v) is 2.64. The van der Waals surface area contributed by atoms with E-state index in [0.717, 1.165) is 11.1 Å². The van der Waals surface area contributed by atoms with Gasteiger partial charge in [0.2, 0.25) is 5.91 Å². The quantitative estimate of drug-likeness (QED) is 0.840. The molecule has 104 valence electrons. The van der Waals surface area contributed by atoms with Crippen LogP contribution in [-0.4, -0.2) is 15.3 Å². The number of hydrogen-bond donors (Lipinski definition) is 2. The maximum atomic E-state index is 12.0. The second kappa shape index (κ2) is 4.97. The standard InChI is InChI=1S/C14H17Cl2NO2/c1-9(18)11-5-3-10(4-6-11)7-17-12(19)13(2)8-14(13,15)16/h3-6,9,18H,7-8H2,1-2H3,(H,17,19)/t9-,13+/m0/s1. The van der Waals surface area contributed by atoms with Gasteiger partial charge in [0, 0.05) is 6.54 Å². The van der Waals surface area contributed by atoms with Gasteiger partial charge in [0.05, 0.1) is 11.5 Å². The van der Waals surface area contributed by atoms with E-state index in [1.807, 2.05) is 24.3 Å². The second-order valence-electron chi connectivity index (χ2n) is 5.31. The van der Waals surface area contributed by atoms with Gasteiger partial charge in [-0.1, -0.05) is 24.3 Å². The third kappa shape index (κ3) is 2.88. The second-order valence-corrected chi connectivity index (χ2v) is 6.80. The number of hydrogen-bond acceptors (Lipinski definition) is 2. The molecule has 19 heavy (non-hydrogen) atoms. The fraction of sp³-hybridized carbons (Fsp3) is 0.500. The van der Waals surface area contributed by atoms with Crippen molar-refractivity contribution in [2.45, 2.75) is 37.3 Å². The Labute approximate surface area is 122 Å². The molecular weight excluding hydrogens is 285 g/mol. The summed E-state index contributed by atoms with van der Waals surface area (Å²) in [6.07, 6.45) is -0.00209. The number of halogens is 2. The molecule has 2 N–H and O–H groups in total. The van der Waals surface area contributed by atoms with Crippen LogP contribution in [0.3, 0.4) is 0 Å². The summed E-state index contributed by atoms with van der Waals surface area (Å²) < 4.78 is -0.937. The summed E-state index contributed by atoms with van der Waals surface area (Å²) in [5, 5.41) is 12.2. The number of alkyl halides is 2. The zero-order valence-electron chi connectivity index (χ0n) is 10.9. The van der Waals surface area contributed by atoms with Gasteiger partial charge in [-0.05, 0) is 31.4 Å². The molecule has 5 heteroatoms. The van der Waals surface area contributed by atoms with Gasteiger partial charge >= 0.3 is 0 Å². The fourth-order valence-electron chi connectivity index (χ4n) is 1.94. The summed E-state index contributed by atoms with van der Waals surface area (Å²) >= 11 is 11.9. The van der Waals surface area contributed by atoms with E-state index in [9.17, 15) is 9.90 Å². The molecule has 0 unspecified atom stereocenters. The van der Waals surface area contributed by atoms with Crippen LogP contribution in [0.15, 0.2) is 24.3 Å². The van der Waals surface area contributed by atoms with Crippen LogP contribution >= 0.6 is 23.2 Å². The molecule has 2 rings (SSSR count). The van der Waals surface area contributed by atoms with E-state index < -0.39 is 15.9 Å². The van der Waals surface area contributed by atoms with Crippen molar-refractivity contribution < 1.29 is 9.90 Å². The normalized spacial score (nSPS) is 25.7. The Morgan fingerprint density at radius 3 is 2.37 bits per heavy atom. The molecule has 0 radical (unpaired) electrons. The SMILES string of the molecule is C[C@H](O)c1ccc(CNC(=O)[C@@]2(C)CC2(Cl)Cl)cc1. The lowest BCUT2D eigenvalue weighted by atomic mass is 10.1. The van der Waals surface area contributed by atoms with Gasteiger partial charge < -0.3 is 10.4 Å². The van der Waals surface area contributed by atoms with Crippen molar-refractivity contribution in [1.29, 1.82) is 0 Å². The number of amides is 1.